The summed E-state index contributed by atoms with van der Waals surface area (Å²) in [5.41, 5.74) is 1.71. The summed E-state index contributed by atoms with van der Waals surface area (Å²) in [6, 6.07) is 18.0. The fourth-order valence-electron chi connectivity index (χ4n) is 6.65. The van der Waals surface area contributed by atoms with E-state index in [9.17, 15) is 9.59 Å². The van der Waals surface area contributed by atoms with Crippen molar-refractivity contribution in [1.82, 2.24) is 0 Å². The van der Waals surface area contributed by atoms with Gasteiger partial charge < -0.3 is 10.1 Å². The Morgan fingerprint density at radius 1 is 0.967 bits per heavy atom. The zero-order valence-electron chi connectivity index (χ0n) is 16.9. The minimum atomic E-state index is -0.433. The molecule has 4 fully saturated rings. The van der Waals surface area contributed by atoms with E-state index in [1.54, 1.807) is 0 Å². The first kappa shape index (κ1) is 19.8. The number of esters is 1. The van der Waals surface area contributed by atoms with Crippen LogP contribution in [0.5, 0.6) is 0 Å². The molecule has 2 aromatic carbocycles. The van der Waals surface area contributed by atoms with E-state index in [1.165, 1.54) is 24.8 Å². The molecule has 4 bridgehead atoms. The Labute approximate surface area is 185 Å². The van der Waals surface area contributed by atoms with E-state index in [1.807, 2.05) is 24.3 Å². The van der Waals surface area contributed by atoms with Gasteiger partial charge in [-0.05, 0) is 85.6 Å². The largest absolute Gasteiger partial charge is 0.455 e. The highest BCUT2D eigenvalue weighted by Crippen LogP contribution is 2.66. The Balaban J connectivity index is 1.28. The van der Waals surface area contributed by atoms with Crippen molar-refractivity contribution in [1.29, 1.82) is 0 Å². The van der Waals surface area contributed by atoms with E-state index in [0.29, 0.717) is 17.5 Å². The molecule has 4 saturated carbocycles. The zero-order valence-corrected chi connectivity index (χ0v) is 18.5. The number of halogens is 1. The van der Waals surface area contributed by atoms with Gasteiger partial charge in [0, 0.05) is 10.2 Å². The molecule has 2 aromatic rings. The molecule has 0 aromatic heterocycles. The highest BCUT2D eigenvalue weighted by molar-refractivity contribution is 9.10. The van der Waals surface area contributed by atoms with Crippen LogP contribution in [0.2, 0.25) is 0 Å². The number of anilines is 1. The second-order valence-corrected chi connectivity index (χ2v) is 10.4. The van der Waals surface area contributed by atoms with Crippen molar-refractivity contribution in [2.24, 2.45) is 17.3 Å². The minimum Gasteiger partial charge on any atom is -0.455 e. The third-order valence-electron chi connectivity index (χ3n) is 7.34. The van der Waals surface area contributed by atoms with Crippen molar-refractivity contribution in [3.63, 3.8) is 0 Å². The number of hydrogen-bond acceptors (Lipinski definition) is 3. The Morgan fingerprint density at radius 3 is 2.30 bits per heavy atom. The fourth-order valence-corrected chi connectivity index (χ4v) is 6.91. The van der Waals surface area contributed by atoms with E-state index in [-0.39, 0.29) is 23.9 Å². The van der Waals surface area contributed by atoms with E-state index in [2.05, 4.69) is 51.6 Å². The van der Waals surface area contributed by atoms with Gasteiger partial charge in [0.15, 0.2) is 6.61 Å². The number of carbonyl (C=O) groups is 2. The lowest BCUT2D eigenvalue weighted by Crippen LogP contribution is -2.57. The van der Waals surface area contributed by atoms with Crippen molar-refractivity contribution >= 4 is 33.5 Å². The maximum absolute atomic E-state index is 13.3. The number of rotatable bonds is 5. The lowest BCUT2D eigenvalue weighted by Gasteiger charge is -2.61. The quantitative estimate of drug-likeness (QED) is 0.593. The Hall–Kier alpha value is -2.14. The molecule has 0 spiro atoms. The molecule has 4 aliphatic carbocycles. The number of amides is 1. The number of benzene rings is 2. The predicted octanol–water partition coefficient (Wildman–Crippen LogP) is 5.47. The van der Waals surface area contributed by atoms with Gasteiger partial charge in [0.25, 0.3) is 5.91 Å². The second-order valence-electron chi connectivity index (χ2n) is 9.52. The standard InChI is InChI=1S/C25H26BrNO3/c26-20-6-8-21(9-7-20)27-22(28)15-30-23(29)25-13-17-10-18(14-25)12-24(11-17,16-25)19-4-2-1-3-5-19/h1-9,17-18H,10-16H2,(H,27,28). The highest BCUT2D eigenvalue weighted by Gasteiger charge is 2.61. The van der Waals surface area contributed by atoms with Gasteiger partial charge in [-0.1, -0.05) is 46.3 Å². The molecule has 1 amide bonds. The molecule has 0 radical (unpaired) electrons. The van der Waals surface area contributed by atoms with Gasteiger partial charge in [-0.15, -0.1) is 0 Å². The first-order valence-corrected chi connectivity index (χ1v) is 11.5. The SMILES string of the molecule is O=C(COC(=O)C12CC3CC(C1)CC(c1ccccc1)(C3)C2)Nc1ccc(Br)cc1. The molecule has 1 N–H and O–H groups in total. The lowest BCUT2D eigenvalue weighted by atomic mass is 9.43. The Bertz CT molecular complexity index is 942. The number of nitrogens with one attached hydrogen (secondary N) is 1. The molecule has 6 rings (SSSR count). The van der Waals surface area contributed by atoms with Crippen LogP contribution in [-0.4, -0.2) is 18.5 Å². The van der Waals surface area contributed by atoms with Crippen LogP contribution in [0, 0.1) is 17.3 Å². The van der Waals surface area contributed by atoms with Crippen LogP contribution in [0.25, 0.3) is 0 Å². The minimum absolute atomic E-state index is 0.0873. The van der Waals surface area contributed by atoms with Crippen LogP contribution in [0.1, 0.15) is 44.1 Å². The van der Waals surface area contributed by atoms with Crippen molar-refractivity contribution in [2.45, 2.75) is 43.9 Å². The van der Waals surface area contributed by atoms with Crippen molar-refractivity contribution in [2.75, 3.05) is 11.9 Å². The van der Waals surface area contributed by atoms with Crippen LogP contribution in [0.15, 0.2) is 59.1 Å². The molecule has 0 heterocycles. The predicted molar refractivity (Wildman–Crippen MR) is 119 cm³/mol. The summed E-state index contributed by atoms with van der Waals surface area (Å²) in [5, 5.41) is 2.79. The van der Waals surface area contributed by atoms with Crippen LogP contribution < -0.4 is 5.32 Å². The molecule has 0 aliphatic heterocycles. The third-order valence-corrected chi connectivity index (χ3v) is 7.87. The lowest BCUT2D eigenvalue weighted by molar-refractivity contribution is -0.175. The van der Waals surface area contributed by atoms with E-state index in [0.717, 1.165) is 23.7 Å². The Morgan fingerprint density at radius 2 is 1.63 bits per heavy atom. The van der Waals surface area contributed by atoms with Gasteiger partial charge >= 0.3 is 5.97 Å². The van der Waals surface area contributed by atoms with Gasteiger partial charge in [-0.25, -0.2) is 0 Å². The van der Waals surface area contributed by atoms with Gasteiger partial charge in [0.1, 0.15) is 0 Å². The van der Waals surface area contributed by atoms with Crippen molar-refractivity contribution < 1.29 is 14.3 Å². The molecule has 156 valence electrons. The molecule has 30 heavy (non-hydrogen) atoms. The van der Waals surface area contributed by atoms with Crippen LogP contribution in [0.4, 0.5) is 5.69 Å². The highest BCUT2D eigenvalue weighted by atomic mass is 79.9. The number of ether oxygens (including phenoxy) is 1. The zero-order chi connectivity index (χ0) is 20.8. The van der Waals surface area contributed by atoms with Gasteiger partial charge in [0.2, 0.25) is 0 Å². The molecule has 0 saturated heterocycles. The van der Waals surface area contributed by atoms with Crippen LogP contribution in [0.3, 0.4) is 0 Å². The normalized spacial score (nSPS) is 31.4. The van der Waals surface area contributed by atoms with E-state index >= 15 is 0 Å². The molecule has 2 atom stereocenters. The summed E-state index contributed by atoms with van der Waals surface area (Å²) in [7, 11) is 0. The smallest absolute Gasteiger partial charge is 0.312 e. The fraction of sp³-hybridized carbons (Fsp3) is 0.440. The van der Waals surface area contributed by atoms with Gasteiger partial charge in [0.05, 0.1) is 5.41 Å². The molecule has 4 aliphatic rings. The summed E-state index contributed by atoms with van der Waals surface area (Å²) in [6.07, 6.45) is 6.24. The van der Waals surface area contributed by atoms with Crippen LogP contribution >= 0.6 is 15.9 Å². The topological polar surface area (TPSA) is 55.4 Å². The van der Waals surface area contributed by atoms with E-state index < -0.39 is 5.41 Å². The molecule has 5 heteroatoms. The average molecular weight is 468 g/mol. The molecular formula is C25H26BrNO3. The summed E-state index contributed by atoms with van der Waals surface area (Å²) in [5.74, 6) is 0.683. The van der Waals surface area contributed by atoms with Crippen molar-refractivity contribution in [3.05, 3.63) is 64.6 Å². The molecular weight excluding hydrogens is 442 g/mol. The van der Waals surface area contributed by atoms with Crippen LogP contribution in [-0.2, 0) is 19.7 Å². The third kappa shape index (κ3) is 3.58. The summed E-state index contributed by atoms with van der Waals surface area (Å²) in [6.45, 7) is -0.232. The summed E-state index contributed by atoms with van der Waals surface area (Å²) < 4.78 is 6.55. The Kier molecular flexibility index (Phi) is 4.97. The van der Waals surface area contributed by atoms with Gasteiger partial charge in [-0.3, -0.25) is 9.59 Å². The van der Waals surface area contributed by atoms with Crippen molar-refractivity contribution in [3.8, 4) is 0 Å². The number of carbonyl (C=O) groups excluding carboxylic acids is 2. The molecule has 4 nitrogen and oxygen atoms in total. The monoisotopic (exact) mass is 467 g/mol. The summed E-state index contributed by atoms with van der Waals surface area (Å²) >= 11 is 3.38. The maximum atomic E-state index is 13.3. The first-order valence-electron chi connectivity index (χ1n) is 10.7. The summed E-state index contributed by atoms with van der Waals surface area (Å²) in [4.78, 5) is 25.6. The maximum Gasteiger partial charge on any atom is 0.312 e. The number of hydrogen-bond donors (Lipinski definition) is 1. The first-order chi connectivity index (χ1) is 14.5. The second kappa shape index (κ2) is 7.52. The average Bonchev–Trinajstić information content (AvgIpc) is 2.73. The van der Waals surface area contributed by atoms with Gasteiger partial charge in [-0.2, -0.15) is 0 Å². The van der Waals surface area contributed by atoms with E-state index in [4.69, 9.17) is 4.74 Å². The molecule has 2 unspecified atom stereocenters.